The number of primary amides is 1. The van der Waals surface area contributed by atoms with Gasteiger partial charge >= 0.3 is 0 Å². The fraction of sp³-hybridized carbons (Fsp3) is 0.857. The van der Waals surface area contributed by atoms with Gasteiger partial charge < -0.3 is 10.8 Å². The van der Waals surface area contributed by atoms with Gasteiger partial charge in [-0.3, -0.25) is 4.79 Å². The van der Waals surface area contributed by atoms with E-state index in [0.717, 1.165) is 12.8 Å². The van der Waals surface area contributed by atoms with Crippen LogP contribution in [0.3, 0.4) is 0 Å². The summed E-state index contributed by atoms with van der Waals surface area (Å²) in [5.41, 5.74) is 4.95. The van der Waals surface area contributed by atoms with Crippen molar-refractivity contribution in [2.45, 2.75) is 26.2 Å². The van der Waals surface area contributed by atoms with Crippen LogP contribution in [-0.2, 0) is 4.79 Å². The van der Waals surface area contributed by atoms with Gasteiger partial charge in [0, 0.05) is 13.0 Å². The number of nitrogens with two attached hydrogens (primary N) is 1. The molecule has 1 amide bonds. The van der Waals surface area contributed by atoms with Crippen molar-refractivity contribution < 1.29 is 9.90 Å². The molecule has 3 nitrogen and oxygen atoms in total. The Morgan fingerprint density at radius 3 is 2.60 bits per heavy atom. The molecule has 0 aliphatic heterocycles. The van der Waals surface area contributed by atoms with Crippen molar-refractivity contribution >= 4 is 5.91 Å². The molecule has 0 fully saturated rings. The first-order valence-electron chi connectivity index (χ1n) is 3.59. The van der Waals surface area contributed by atoms with Gasteiger partial charge in [-0.15, -0.1) is 0 Å². The van der Waals surface area contributed by atoms with E-state index in [2.05, 4.69) is 0 Å². The molecule has 0 aromatic carbocycles. The first-order chi connectivity index (χ1) is 4.70. The third kappa shape index (κ3) is 4.32. The largest absolute Gasteiger partial charge is 0.396 e. The average molecular weight is 145 g/mol. The number of hydrogen-bond donors (Lipinski definition) is 2. The summed E-state index contributed by atoms with van der Waals surface area (Å²) in [5.74, 6) is -0.255. The summed E-state index contributed by atoms with van der Waals surface area (Å²) in [7, 11) is 0. The predicted octanol–water partition coefficient (Wildman–Crippen LogP) is 0.270. The predicted molar refractivity (Wildman–Crippen MR) is 39.3 cm³/mol. The molecule has 0 aliphatic carbocycles. The third-order valence-electron chi connectivity index (χ3n) is 1.44. The Hall–Kier alpha value is -0.570. The number of hydrogen-bond acceptors (Lipinski definition) is 2. The second kappa shape index (κ2) is 5.23. The number of aliphatic hydroxyl groups is 1. The van der Waals surface area contributed by atoms with Gasteiger partial charge in [0.2, 0.25) is 5.91 Å². The van der Waals surface area contributed by atoms with Crippen LogP contribution in [0.5, 0.6) is 0 Å². The van der Waals surface area contributed by atoms with Crippen molar-refractivity contribution in [2.24, 2.45) is 11.7 Å². The first kappa shape index (κ1) is 9.43. The molecule has 0 saturated heterocycles. The summed E-state index contributed by atoms with van der Waals surface area (Å²) in [5, 5.41) is 8.70. The summed E-state index contributed by atoms with van der Waals surface area (Å²) in [6.45, 7) is 2.08. The SMILES string of the molecule is CCC[C@@H](CO)CC(N)=O. The molecule has 0 spiro atoms. The molecule has 1 atom stereocenters. The number of carbonyl (C=O) groups excluding carboxylic acids is 1. The Balaban J connectivity index is 3.49. The lowest BCUT2D eigenvalue weighted by molar-refractivity contribution is -0.119. The molecule has 0 radical (unpaired) electrons. The molecule has 0 aromatic rings. The number of aliphatic hydroxyl groups excluding tert-OH is 1. The fourth-order valence-corrected chi connectivity index (χ4v) is 0.951. The zero-order chi connectivity index (χ0) is 7.98. The quantitative estimate of drug-likeness (QED) is 0.583. The first-order valence-corrected chi connectivity index (χ1v) is 3.59. The highest BCUT2D eigenvalue weighted by Crippen LogP contribution is 2.08. The van der Waals surface area contributed by atoms with Crippen LogP contribution in [0.2, 0.25) is 0 Å². The number of carbonyl (C=O) groups is 1. The van der Waals surface area contributed by atoms with E-state index in [1.54, 1.807) is 0 Å². The maximum atomic E-state index is 10.4. The van der Waals surface area contributed by atoms with Gasteiger partial charge in [-0.2, -0.15) is 0 Å². The molecule has 0 unspecified atom stereocenters. The summed E-state index contributed by atoms with van der Waals surface area (Å²) >= 11 is 0. The van der Waals surface area contributed by atoms with E-state index in [1.807, 2.05) is 6.92 Å². The van der Waals surface area contributed by atoms with Crippen molar-refractivity contribution in [1.82, 2.24) is 0 Å². The Bertz CT molecular complexity index is 104. The molecule has 0 aromatic heterocycles. The summed E-state index contributed by atoms with van der Waals surface area (Å²) in [6, 6.07) is 0. The minimum Gasteiger partial charge on any atom is -0.396 e. The van der Waals surface area contributed by atoms with Gasteiger partial charge in [0.05, 0.1) is 0 Å². The average Bonchev–Trinajstić information content (AvgIpc) is 1.86. The van der Waals surface area contributed by atoms with Crippen LogP contribution < -0.4 is 5.73 Å². The standard InChI is InChI=1S/C7H15NO2/c1-2-3-6(5-9)4-7(8)10/h6,9H,2-5H2,1H3,(H2,8,10)/t6-/m1/s1. The molecule has 0 saturated carbocycles. The van der Waals surface area contributed by atoms with E-state index in [9.17, 15) is 4.79 Å². The monoisotopic (exact) mass is 145 g/mol. The lowest BCUT2D eigenvalue weighted by Gasteiger charge is -2.08. The lowest BCUT2D eigenvalue weighted by Crippen LogP contribution is -2.18. The van der Waals surface area contributed by atoms with Crippen LogP contribution in [0.25, 0.3) is 0 Å². The van der Waals surface area contributed by atoms with Crippen LogP contribution in [0, 0.1) is 5.92 Å². The smallest absolute Gasteiger partial charge is 0.217 e. The summed E-state index contributed by atoms with van der Waals surface area (Å²) in [6.07, 6.45) is 2.17. The lowest BCUT2D eigenvalue weighted by atomic mass is 10.0. The van der Waals surface area contributed by atoms with E-state index < -0.39 is 0 Å². The Labute approximate surface area is 61.2 Å². The molecule has 0 rings (SSSR count). The third-order valence-corrected chi connectivity index (χ3v) is 1.44. The summed E-state index contributed by atoms with van der Waals surface area (Å²) in [4.78, 5) is 10.4. The highest BCUT2D eigenvalue weighted by molar-refractivity contribution is 5.73. The highest BCUT2D eigenvalue weighted by Gasteiger charge is 2.08. The molecule has 10 heavy (non-hydrogen) atoms. The minimum absolute atomic E-state index is 0.0662. The molecule has 3 heteroatoms. The Morgan fingerprint density at radius 2 is 2.30 bits per heavy atom. The zero-order valence-corrected chi connectivity index (χ0v) is 6.34. The van der Waals surface area contributed by atoms with Gasteiger partial charge in [-0.25, -0.2) is 0 Å². The second-order valence-corrected chi connectivity index (χ2v) is 2.51. The van der Waals surface area contributed by atoms with Gasteiger partial charge in [0.1, 0.15) is 0 Å². The second-order valence-electron chi connectivity index (χ2n) is 2.51. The topological polar surface area (TPSA) is 63.3 Å². The molecule has 60 valence electrons. The van der Waals surface area contributed by atoms with Crippen molar-refractivity contribution in [3.8, 4) is 0 Å². The van der Waals surface area contributed by atoms with Crippen LogP contribution in [0.15, 0.2) is 0 Å². The fourth-order valence-electron chi connectivity index (χ4n) is 0.951. The summed E-state index contributed by atoms with van der Waals surface area (Å²) < 4.78 is 0. The maximum Gasteiger partial charge on any atom is 0.217 e. The van der Waals surface area contributed by atoms with E-state index in [1.165, 1.54) is 0 Å². The molecular weight excluding hydrogens is 130 g/mol. The normalized spacial score (nSPS) is 13.0. The molecule has 0 aliphatic rings. The maximum absolute atomic E-state index is 10.4. The molecule has 3 N–H and O–H groups in total. The van der Waals surface area contributed by atoms with Crippen molar-refractivity contribution in [3.05, 3.63) is 0 Å². The van der Waals surface area contributed by atoms with Crippen LogP contribution in [0.4, 0.5) is 0 Å². The number of rotatable bonds is 5. The molecule has 0 bridgehead atoms. The van der Waals surface area contributed by atoms with Gasteiger partial charge in [-0.1, -0.05) is 13.3 Å². The van der Waals surface area contributed by atoms with E-state index in [-0.39, 0.29) is 18.4 Å². The van der Waals surface area contributed by atoms with Crippen molar-refractivity contribution in [1.29, 1.82) is 0 Å². The minimum atomic E-state index is -0.326. The van der Waals surface area contributed by atoms with Crippen molar-refractivity contribution in [3.63, 3.8) is 0 Å². The van der Waals surface area contributed by atoms with E-state index in [4.69, 9.17) is 10.8 Å². The van der Waals surface area contributed by atoms with Crippen LogP contribution >= 0.6 is 0 Å². The Kier molecular flexibility index (Phi) is 4.94. The van der Waals surface area contributed by atoms with Gasteiger partial charge in [-0.05, 0) is 12.3 Å². The van der Waals surface area contributed by atoms with E-state index >= 15 is 0 Å². The Morgan fingerprint density at radius 1 is 1.70 bits per heavy atom. The van der Waals surface area contributed by atoms with Gasteiger partial charge in [0.15, 0.2) is 0 Å². The van der Waals surface area contributed by atoms with Crippen LogP contribution in [0.1, 0.15) is 26.2 Å². The van der Waals surface area contributed by atoms with Gasteiger partial charge in [0.25, 0.3) is 0 Å². The highest BCUT2D eigenvalue weighted by atomic mass is 16.3. The van der Waals surface area contributed by atoms with Crippen LogP contribution in [-0.4, -0.2) is 17.6 Å². The molecular formula is C7H15NO2. The zero-order valence-electron chi connectivity index (χ0n) is 6.34. The number of amides is 1. The van der Waals surface area contributed by atoms with Crippen molar-refractivity contribution in [2.75, 3.05) is 6.61 Å². The van der Waals surface area contributed by atoms with E-state index in [0.29, 0.717) is 6.42 Å². The molecule has 0 heterocycles.